The quantitative estimate of drug-likeness (QED) is 0.907. The number of halogens is 1. The van der Waals surface area contributed by atoms with Crippen LogP contribution >= 0.6 is 11.6 Å². The first-order chi connectivity index (χ1) is 9.61. The monoisotopic (exact) mass is 290 g/mol. The first-order valence-electron chi connectivity index (χ1n) is 6.13. The molecule has 0 bridgehead atoms. The Bertz CT molecular complexity index is 630. The van der Waals surface area contributed by atoms with Crippen molar-refractivity contribution in [2.75, 3.05) is 12.4 Å². The van der Waals surface area contributed by atoms with E-state index in [2.05, 4.69) is 20.6 Å². The third kappa shape index (κ3) is 3.24. The lowest BCUT2D eigenvalue weighted by molar-refractivity contribution is 0.0951. The molecule has 6 heteroatoms. The number of hydrogen-bond acceptors (Lipinski definition) is 4. The van der Waals surface area contributed by atoms with Crippen molar-refractivity contribution in [3.05, 3.63) is 52.4 Å². The third-order valence-corrected chi connectivity index (χ3v) is 3.23. The highest BCUT2D eigenvalue weighted by Crippen LogP contribution is 2.18. The van der Waals surface area contributed by atoms with Gasteiger partial charge in [0.1, 0.15) is 5.82 Å². The molecule has 0 aliphatic rings. The number of hydrogen-bond donors (Lipinski definition) is 2. The fourth-order valence-electron chi connectivity index (χ4n) is 1.72. The van der Waals surface area contributed by atoms with E-state index in [0.29, 0.717) is 22.9 Å². The van der Waals surface area contributed by atoms with Crippen LogP contribution in [0.1, 0.15) is 21.5 Å². The number of nitrogens with zero attached hydrogens (tertiary/aromatic N) is 2. The van der Waals surface area contributed by atoms with Gasteiger partial charge < -0.3 is 10.6 Å². The summed E-state index contributed by atoms with van der Waals surface area (Å²) in [5.74, 6) is 0.366. The minimum Gasteiger partial charge on any atom is -0.373 e. The Morgan fingerprint density at radius 3 is 2.90 bits per heavy atom. The van der Waals surface area contributed by atoms with Gasteiger partial charge >= 0.3 is 0 Å². The van der Waals surface area contributed by atoms with Gasteiger partial charge in [-0.25, -0.2) is 4.98 Å². The average Bonchev–Trinajstić information content (AvgIpc) is 2.46. The van der Waals surface area contributed by atoms with Crippen LogP contribution in [0.25, 0.3) is 0 Å². The molecule has 2 aromatic heterocycles. The Hall–Kier alpha value is -2.14. The highest BCUT2D eigenvalue weighted by molar-refractivity contribution is 6.33. The molecule has 0 aromatic carbocycles. The Kier molecular flexibility index (Phi) is 4.53. The van der Waals surface area contributed by atoms with Crippen LogP contribution in [0.5, 0.6) is 0 Å². The maximum Gasteiger partial charge on any atom is 0.253 e. The fraction of sp³-hybridized carbons (Fsp3) is 0.214. The molecule has 2 aromatic rings. The highest BCUT2D eigenvalue weighted by atomic mass is 35.5. The first kappa shape index (κ1) is 14.3. The number of carbonyl (C=O) groups is 1. The molecule has 104 valence electrons. The van der Waals surface area contributed by atoms with E-state index in [-0.39, 0.29) is 5.91 Å². The number of nitrogens with one attached hydrogen (secondary N) is 2. The van der Waals surface area contributed by atoms with E-state index in [9.17, 15) is 4.79 Å². The Balaban J connectivity index is 2.11. The Labute approximate surface area is 122 Å². The summed E-state index contributed by atoms with van der Waals surface area (Å²) < 4.78 is 0. The van der Waals surface area contributed by atoms with E-state index >= 15 is 0 Å². The zero-order valence-electron chi connectivity index (χ0n) is 11.3. The van der Waals surface area contributed by atoms with Crippen molar-refractivity contribution in [3.8, 4) is 0 Å². The molecular weight excluding hydrogens is 276 g/mol. The fourth-order valence-corrected chi connectivity index (χ4v) is 1.91. The van der Waals surface area contributed by atoms with E-state index in [4.69, 9.17) is 11.6 Å². The van der Waals surface area contributed by atoms with Gasteiger partial charge in [-0.15, -0.1) is 0 Å². The minimum atomic E-state index is -0.231. The van der Waals surface area contributed by atoms with Crippen LogP contribution in [0.4, 0.5) is 5.82 Å². The SMILES string of the molecule is CNc1cc(C(=O)NCc2ccncc2C)c(Cl)cn1. The van der Waals surface area contributed by atoms with Gasteiger partial charge in [0.15, 0.2) is 0 Å². The number of pyridine rings is 2. The lowest BCUT2D eigenvalue weighted by Crippen LogP contribution is -2.23. The van der Waals surface area contributed by atoms with Crippen LogP contribution in [0, 0.1) is 6.92 Å². The van der Waals surface area contributed by atoms with Crippen LogP contribution in [0.2, 0.25) is 5.02 Å². The van der Waals surface area contributed by atoms with Gasteiger partial charge in [-0.05, 0) is 30.2 Å². The summed E-state index contributed by atoms with van der Waals surface area (Å²) in [7, 11) is 1.73. The van der Waals surface area contributed by atoms with Crippen LogP contribution in [-0.2, 0) is 6.54 Å². The summed E-state index contributed by atoms with van der Waals surface area (Å²) in [6.07, 6.45) is 4.92. The van der Waals surface area contributed by atoms with E-state index in [1.165, 1.54) is 6.20 Å². The molecule has 2 rings (SSSR count). The number of rotatable bonds is 4. The predicted octanol–water partition coefficient (Wildman–Crippen LogP) is 2.41. The van der Waals surface area contributed by atoms with Crippen molar-refractivity contribution in [1.82, 2.24) is 15.3 Å². The standard InChI is InChI=1S/C14H15ClN4O/c1-9-6-17-4-3-10(9)7-19-14(20)11-5-13(16-2)18-8-12(11)15/h3-6,8H,7H2,1-2H3,(H,16,18)(H,19,20). The third-order valence-electron chi connectivity index (χ3n) is 2.93. The summed E-state index contributed by atoms with van der Waals surface area (Å²) in [5, 5.41) is 6.04. The zero-order chi connectivity index (χ0) is 14.5. The molecule has 0 aliphatic heterocycles. The summed E-state index contributed by atoms with van der Waals surface area (Å²) >= 11 is 6.00. The molecule has 5 nitrogen and oxygen atoms in total. The van der Waals surface area contributed by atoms with Crippen molar-refractivity contribution in [2.24, 2.45) is 0 Å². The van der Waals surface area contributed by atoms with E-state index < -0.39 is 0 Å². The molecule has 0 spiro atoms. The summed E-state index contributed by atoms with van der Waals surface area (Å²) in [5.41, 5.74) is 2.45. The molecule has 0 aliphatic carbocycles. The average molecular weight is 291 g/mol. The van der Waals surface area contributed by atoms with Gasteiger partial charge in [-0.1, -0.05) is 11.6 Å². The maximum atomic E-state index is 12.2. The van der Waals surface area contributed by atoms with E-state index in [0.717, 1.165) is 11.1 Å². The van der Waals surface area contributed by atoms with Crippen molar-refractivity contribution >= 4 is 23.3 Å². The Morgan fingerprint density at radius 1 is 1.40 bits per heavy atom. The molecule has 0 saturated heterocycles. The van der Waals surface area contributed by atoms with Crippen molar-refractivity contribution in [1.29, 1.82) is 0 Å². The molecule has 2 N–H and O–H groups in total. The van der Waals surface area contributed by atoms with E-state index in [1.807, 2.05) is 13.0 Å². The molecule has 0 unspecified atom stereocenters. The van der Waals surface area contributed by atoms with Gasteiger partial charge in [-0.2, -0.15) is 0 Å². The zero-order valence-corrected chi connectivity index (χ0v) is 12.0. The highest BCUT2D eigenvalue weighted by Gasteiger charge is 2.12. The number of aromatic nitrogens is 2. The molecule has 0 saturated carbocycles. The van der Waals surface area contributed by atoms with Gasteiger partial charge in [0.2, 0.25) is 0 Å². The van der Waals surface area contributed by atoms with Gasteiger partial charge in [0, 0.05) is 32.2 Å². The molecular formula is C14H15ClN4O. The number of amides is 1. The second-order valence-corrected chi connectivity index (χ2v) is 4.69. The van der Waals surface area contributed by atoms with Crippen LogP contribution in [0.15, 0.2) is 30.7 Å². The lowest BCUT2D eigenvalue weighted by atomic mass is 10.1. The second kappa shape index (κ2) is 6.34. The van der Waals surface area contributed by atoms with Crippen molar-refractivity contribution < 1.29 is 4.79 Å². The molecule has 1 amide bonds. The summed E-state index contributed by atoms with van der Waals surface area (Å²) in [6, 6.07) is 3.50. The molecule has 0 fully saturated rings. The van der Waals surface area contributed by atoms with Gasteiger partial charge in [0.05, 0.1) is 10.6 Å². The van der Waals surface area contributed by atoms with Crippen molar-refractivity contribution in [3.63, 3.8) is 0 Å². The van der Waals surface area contributed by atoms with Crippen LogP contribution < -0.4 is 10.6 Å². The molecule has 20 heavy (non-hydrogen) atoms. The van der Waals surface area contributed by atoms with Gasteiger partial charge in [0.25, 0.3) is 5.91 Å². The largest absolute Gasteiger partial charge is 0.373 e. The van der Waals surface area contributed by atoms with Crippen LogP contribution in [-0.4, -0.2) is 22.9 Å². The van der Waals surface area contributed by atoms with Crippen LogP contribution in [0.3, 0.4) is 0 Å². The number of anilines is 1. The normalized spacial score (nSPS) is 10.2. The van der Waals surface area contributed by atoms with Crippen molar-refractivity contribution in [2.45, 2.75) is 13.5 Å². The Morgan fingerprint density at radius 2 is 2.20 bits per heavy atom. The predicted molar refractivity (Wildman–Crippen MR) is 78.9 cm³/mol. The number of aryl methyl sites for hydroxylation is 1. The summed E-state index contributed by atoms with van der Waals surface area (Å²) in [4.78, 5) is 20.2. The second-order valence-electron chi connectivity index (χ2n) is 4.28. The lowest BCUT2D eigenvalue weighted by Gasteiger charge is -2.09. The minimum absolute atomic E-state index is 0.231. The van der Waals surface area contributed by atoms with E-state index in [1.54, 1.807) is 25.5 Å². The molecule has 2 heterocycles. The summed E-state index contributed by atoms with van der Waals surface area (Å²) in [6.45, 7) is 2.38. The smallest absolute Gasteiger partial charge is 0.253 e. The number of carbonyl (C=O) groups excluding carboxylic acids is 1. The maximum absolute atomic E-state index is 12.2. The van der Waals surface area contributed by atoms with Gasteiger partial charge in [-0.3, -0.25) is 9.78 Å². The molecule has 0 atom stereocenters. The topological polar surface area (TPSA) is 66.9 Å². The molecule has 0 radical (unpaired) electrons. The first-order valence-corrected chi connectivity index (χ1v) is 6.50.